The van der Waals surface area contributed by atoms with E-state index in [1.807, 2.05) is 0 Å². The molecule has 0 heterocycles. The van der Waals surface area contributed by atoms with Crippen molar-refractivity contribution in [3.8, 4) is 0 Å². The molecular weight excluding hydrogens is 334 g/mol. The summed E-state index contributed by atoms with van der Waals surface area (Å²) in [4.78, 5) is 11.6. The average molecular weight is 383 g/mol. The molecule has 0 aliphatic rings. The number of esters is 1. The number of nitrogens with zero attached hydrogens (tertiary/aromatic N) is 1. The van der Waals surface area contributed by atoms with Crippen molar-refractivity contribution in [3.63, 3.8) is 0 Å². The lowest BCUT2D eigenvalue weighted by atomic mass is 10.0. The van der Waals surface area contributed by atoms with E-state index in [4.69, 9.17) is 4.74 Å². The first kappa shape index (κ1) is 26.2. The van der Waals surface area contributed by atoms with Crippen LogP contribution in [-0.2, 0) is 9.53 Å². The van der Waals surface area contributed by atoms with Crippen molar-refractivity contribution < 1.29 is 14.0 Å². The number of ether oxygens (including phenoxy) is 1. The standard InChI is InChI=1S/C24H48NO2/c1-6-8-9-10-11-12-13-14-15-16-17-18-19-20-21-25(5,7-2)22-27-24(26)23(3)4/h3,6-22H2,1-2,4-5H3/q+1. The van der Waals surface area contributed by atoms with E-state index in [1.165, 1.54) is 89.9 Å². The summed E-state index contributed by atoms with van der Waals surface area (Å²) < 4.78 is 6.17. The van der Waals surface area contributed by atoms with Crippen molar-refractivity contribution >= 4 is 5.97 Å². The van der Waals surface area contributed by atoms with Crippen LogP contribution >= 0.6 is 0 Å². The van der Waals surface area contributed by atoms with Crippen LogP contribution in [0.15, 0.2) is 12.2 Å². The second-order valence-electron chi connectivity index (χ2n) is 8.60. The first-order valence-electron chi connectivity index (χ1n) is 11.6. The highest BCUT2D eigenvalue weighted by atomic mass is 16.5. The summed E-state index contributed by atoms with van der Waals surface area (Å²) in [5, 5.41) is 0. The van der Waals surface area contributed by atoms with Crippen molar-refractivity contribution in [2.45, 2.75) is 111 Å². The van der Waals surface area contributed by atoms with Gasteiger partial charge in [0.25, 0.3) is 0 Å². The van der Waals surface area contributed by atoms with Gasteiger partial charge in [-0.15, -0.1) is 0 Å². The third-order valence-corrected chi connectivity index (χ3v) is 5.67. The van der Waals surface area contributed by atoms with E-state index in [9.17, 15) is 4.79 Å². The predicted molar refractivity (Wildman–Crippen MR) is 118 cm³/mol. The van der Waals surface area contributed by atoms with Crippen LogP contribution in [0.25, 0.3) is 0 Å². The molecule has 0 aliphatic heterocycles. The average Bonchev–Trinajstić information content (AvgIpc) is 2.66. The summed E-state index contributed by atoms with van der Waals surface area (Å²) >= 11 is 0. The molecule has 0 amide bonds. The molecule has 0 saturated carbocycles. The van der Waals surface area contributed by atoms with E-state index < -0.39 is 0 Å². The molecule has 0 radical (unpaired) electrons. The van der Waals surface area contributed by atoms with Gasteiger partial charge in [-0.2, -0.15) is 0 Å². The Morgan fingerprint density at radius 1 is 0.778 bits per heavy atom. The molecule has 27 heavy (non-hydrogen) atoms. The maximum Gasteiger partial charge on any atom is 0.337 e. The number of hydrogen-bond donors (Lipinski definition) is 0. The van der Waals surface area contributed by atoms with Crippen LogP contribution < -0.4 is 0 Å². The Balaban J connectivity index is 3.50. The van der Waals surface area contributed by atoms with Crippen molar-refractivity contribution in [2.24, 2.45) is 0 Å². The quantitative estimate of drug-likeness (QED) is 0.0789. The Morgan fingerprint density at radius 2 is 1.19 bits per heavy atom. The second-order valence-corrected chi connectivity index (χ2v) is 8.60. The van der Waals surface area contributed by atoms with E-state index >= 15 is 0 Å². The van der Waals surface area contributed by atoms with Gasteiger partial charge >= 0.3 is 5.97 Å². The maximum absolute atomic E-state index is 11.6. The first-order valence-corrected chi connectivity index (χ1v) is 11.6. The van der Waals surface area contributed by atoms with Crippen LogP contribution in [0.4, 0.5) is 0 Å². The van der Waals surface area contributed by atoms with Gasteiger partial charge in [-0.1, -0.05) is 90.6 Å². The fourth-order valence-electron chi connectivity index (χ4n) is 3.34. The van der Waals surface area contributed by atoms with Gasteiger partial charge in [0.2, 0.25) is 6.73 Å². The maximum atomic E-state index is 11.6. The third-order valence-electron chi connectivity index (χ3n) is 5.67. The SMILES string of the molecule is C=C(C)C(=O)OC[N+](C)(CC)CCCCCCCCCCCCCCCC. The summed E-state index contributed by atoms with van der Waals surface area (Å²) in [7, 11) is 2.17. The Bertz CT molecular complexity index is 381. The summed E-state index contributed by atoms with van der Waals surface area (Å²) in [5.74, 6) is -0.270. The van der Waals surface area contributed by atoms with Gasteiger partial charge in [-0.3, -0.25) is 4.48 Å². The van der Waals surface area contributed by atoms with Gasteiger partial charge in [0.15, 0.2) is 0 Å². The topological polar surface area (TPSA) is 26.3 Å². The molecule has 3 nitrogen and oxygen atoms in total. The highest BCUT2D eigenvalue weighted by Crippen LogP contribution is 2.14. The van der Waals surface area contributed by atoms with Crippen molar-refractivity contribution in [2.75, 3.05) is 26.9 Å². The van der Waals surface area contributed by atoms with E-state index in [1.54, 1.807) is 6.92 Å². The van der Waals surface area contributed by atoms with Crippen molar-refractivity contribution in [3.05, 3.63) is 12.2 Å². The number of unbranched alkanes of at least 4 members (excludes halogenated alkanes) is 13. The minimum atomic E-state index is -0.270. The Kier molecular flexibility index (Phi) is 16.7. The lowest BCUT2D eigenvalue weighted by Crippen LogP contribution is -2.46. The van der Waals surface area contributed by atoms with E-state index in [2.05, 4.69) is 27.5 Å². The summed E-state index contributed by atoms with van der Waals surface area (Å²) in [6.07, 6.45) is 19.4. The molecule has 0 aromatic carbocycles. The highest BCUT2D eigenvalue weighted by Gasteiger charge is 2.21. The molecule has 160 valence electrons. The van der Waals surface area contributed by atoms with E-state index in [-0.39, 0.29) is 5.97 Å². The molecule has 0 aromatic rings. The van der Waals surface area contributed by atoms with Gasteiger partial charge in [-0.05, 0) is 26.7 Å². The Labute approximate surface area is 170 Å². The number of carbonyl (C=O) groups is 1. The predicted octanol–water partition coefficient (Wildman–Crippen LogP) is 7.01. The molecule has 1 atom stereocenters. The second kappa shape index (κ2) is 17.3. The Morgan fingerprint density at radius 3 is 1.56 bits per heavy atom. The molecular formula is C24H48NO2+. The van der Waals surface area contributed by atoms with Crippen LogP contribution in [0.2, 0.25) is 0 Å². The van der Waals surface area contributed by atoms with E-state index in [0.29, 0.717) is 12.3 Å². The largest absolute Gasteiger partial charge is 0.412 e. The fraction of sp³-hybridized carbons (Fsp3) is 0.875. The zero-order valence-corrected chi connectivity index (χ0v) is 19.0. The summed E-state index contributed by atoms with van der Waals surface area (Å²) in [6.45, 7) is 12.3. The monoisotopic (exact) mass is 382 g/mol. The molecule has 3 heteroatoms. The normalized spacial score (nSPS) is 13.3. The third kappa shape index (κ3) is 15.9. The number of hydrogen-bond acceptors (Lipinski definition) is 2. The minimum absolute atomic E-state index is 0.270. The fourth-order valence-corrected chi connectivity index (χ4v) is 3.34. The summed E-state index contributed by atoms with van der Waals surface area (Å²) in [6, 6.07) is 0. The van der Waals surface area contributed by atoms with Crippen LogP contribution in [0.3, 0.4) is 0 Å². The van der Waals surface area contributed by atoms with E-state index in [0.717, 1.165) is 17.6 Å². The molecule has 0 spiro atoms. The molecule has 0 fully saturated rings. The number of quaternary nitrogens is 1. The summed E-state index contributed by atoms with van der Waals surface area (Å²) in [5.41, 5.74) is 0.481. The molecule has 0 aliphatic carbocycles. The number of carbonyl (C=O) groups excluding carboxylic acids is 1. The lowest BCUT2D eigenvalue weighted by molar-refractivity contribution is -0.924. The van der Waals surface area contributed by atoms with Crippen molar-refractivity contribution in [1.82, 2.24) is 0 Å². The van der Waals surface area contributed by atoms with Gasteiger partial charge in [0.1, 0.15) is 0 Å². The molecule has 0 rings (SSSR count). The van der Waals surface area contributed by atoms with Gasteiger partial charge in [-0.25, -0.2) is 4.79 Å². The Hall–Kier alpha value is -0.830. The number of rotatable bonds is 19. The zero-order chi connectivity index (χ0) is 20.4. The molecule has 0 N–H and O–H groups in total. The molecule has 0 bridgehead atoms. The van der Waals surface area contributed by atoms with Gasteiger partial charge < -0.3 is 4.74 Å². The van der Waals surface area contributed by atoms with Crippen LogP contribution in [-0.4, -0.2) is 37.3 Å². The highest BCUT2D eigenvalue weighted by molar-refractivity contribution is 5.86. The molecule has 0 saturated heterocycles. The minimum Gasteiger partial charge on any atom is -0.412 e. The molecule has 1 unspecified atom stereocenters. The lowest BCUT2D eigenvalue weighted by Gasteiger charge is -2.32. The van der Waals surface area contributed by atoms with Crippen LogP contribution in [0.1, 0.15) is 111 Å². The smallest absolute Gasteiger partial charge is 0.337 e. The van der Waals surface area contributed by atoms with Gasteiger partial charge in [0, 0.05) is 5.57 Å². The zero-order valence-electron chi connectivity index (χ0n) is 19.0. The van der Waals surface area contributed by atoms with Crippen molar-refractivity contribution in [1.29, 1.82) is 0 Å². The van der Waals surface area contributed by atoms with Crippen LogP contribution in [0.5, 0.6) is 0 Å². The first-order chi connectivity index (χ1) is 12.9. The molecule has 0 aromatic heterocycles. The van der Waals surface area contributed by atoms with Crippen LogP contribution in [0, 0.1) is 0 Å². The van der Waals surface area contributed by atoms with Gasteiger partial charge in [0.05, 0.1) is 20.1 Å².